The maximum atomic E-state index is 12.0. The second kappa shape index (κ2) is 11.3. The highest BCUT2D eigenvalue weighted by atomic mass is 16.5. The quantitative estimate of drug-likeness (QED) is 0.454. The molecule has 27 heavy (non-hydrogen) atoms. The van der Waals surface area contributed by atoms with E-state index in [-0.39, 0.29) is 12.0 Å². The van der Waals surface area contributed by atoms with E-state index in [1.54, 1.807) is 14.2 Å². The van der Waals surface area contributed by atoms with Gasteiger partial charge in [-0.1, -0.05) is 25.0 Å². The highest BCUT2D eigenvalue weighted by Gasteiger charge is 2.16. The van der Waals surface area contributed by atoms with Crippen LogP contribution < -0.4 is 25.4 Å². The maximum absolute atomic E-state index is 12.0. The Balaban J connectivity index is 1.66. The van der Waals surface area contributed by atoms with E-state index in [0.717, 1.165) is 12.8 Å². The molecule has 3 N–H and O–H groups in total. The molecule has 150 valence electrons. The number of carbonyl (C=O) groups excluding carboxylic acids is 1. The van der Waals surface area contributed by atoms with Gasteiger partial charge < -0.3 is 25.4 Å². The van der Waals surface area contributed by atoms with E-state index in [1.807, 2.05) is 31.2 Å². The molecule has 1 atom stereocenters. The second-order valence-corrected chi connectivity index (χ2v) is 6.76. The van der Waals surface area contributed by atoms with E-state index in [2.05, 4.69) is 20.9 Å². The van der Waals surface area contributed by atoms with Crippen LogP contribution in [0.2, 0.25) is 0 Å². The molecule has 0 bridgehead atoms. The number of hydrogen-bond acceptors (Lipinski definition) is 4. The van der Waals surface area contributed by atoms with Gasteiger partial charge in [0, 0.05) is 26.1 Å². The SMILES string of the molecule is CN=C(NCCC(=O)NC1CCCC1)NCC(C)Oc1ccccc1OC. The standard InChI is InChI=1S/C20H32N4O3/c1-15(27-18-11-7-6-10-17(18)26-3)14-23-20(21-2)22-13-12-19(25)24-16-8-4-5-9-16/h6-7,10-11,15-16H,4-5,8-9,12-14H2,1-3H3,(H,24,25)(H2,21,22,23). The number of carbonyl (C=O) groups is 1. The highest BCUT2D eigenvalue weighted by Crippen LogP contribution is 2.26. The molecule has 0 saturated heterocycles. The summed E-state index contributed by atoms with van der Waals surface area (Å²) in [6.07, 6.45) is 5.00. The first-order valence-electron chi connectivity index (χ1n) is 9.66. The van der Waals surface area contributed by atoms with Crippen molar-refractivity contribution in [3.63, 3.8) is 0 Å². The van der Waals surface area contributed by atoms with Crippen LogP contribution in [0.3, 0.4) is 0 Å². The van der Waals surface area contributed by atoms with Gasteiger partial charge in [-0.25, -0.2) is 0 Å². The minimum absolute atomic E-state index is 0.0782. The van der Waals surface area contributed by atoms with Crippen LogP contribution in [0.15, 0.2) is 29.3 Å². The van der Waals surface area contributed by atoms with Crippen LogP contribution in [0.25, 0.3) is 0 Å². The van der Waals surface area contributed by atoms with Gasteiger partial charge in [-0.05, 0) is 31.9 Å². The minimum atomic E-state index is -0.0782. The van der Waals surface area contributed by atoms with Gasteiger partial charge in [-0.15, -0.1) is 0 Å². The molecule has 1 aliphatic carbocycles. The summed E-state index contributed by atoms with van der Waals surface area (Å²) in [5, 5.41) is 9.47. The number of para-hydroxylation sites is 2. The lowest BCUT2D eigenvalue weighted by Crippen LogP contribution is -2.43. The summed E-state index contributed by atoms with van der Waals surface area (Å²) < 4.78 is 11.2. The lowest BCUT2D eigenvalue weighted by molar-refractivity contribution is -0.121. The van der Waals surface area contributed by atoms with Crippen LogP contribution in [-0.4, -0.2) is 51.3 Å². The summed E-state index contributed by atoms with van der Waals surface area (Å²) >= 11 is 0. The molecule has 7 nitrogen and oxygen atoms in total. The predicted octanol–water partition coefficient (Wildman–Crippen LogP) is 2.08. The third-order valence-electron chi connectivity index (χ3n) is 4.54. The smallest absolute Gasteiger partial charge is 0.221 e. The fraction of sp³-hybridized carbons (Fsp3) is 0.600. The molecule has 2 rings (SSSR count). The molecular weight excluding hydrogens is 344 g/mol. The molecule has 0 aromatic heterocycles. The molecular formula is C20H32N4O3. The first-order valence-corrected chi connectivity index (χ1v) is 9.66. The molecule has 1 aromatic carbocycles. The fourth-order valence-corrected chi connectivity index (χ4v) is 3.10. The zero-order valence-electron chi connectivity index (χ0n) is 16.6. The fourth-order valence-electron chi connectivity index (χ4n) is 3.10. The first kappa shape index (κ1) is 20.9. The molecule has 7 heteroatoms. The summed E-state index contributed by atoms with van der Waals surface area (Å²) in [5.41, 5.74) is 0. The van der Waals surface area contributed by atoms with Crippen LogP contribution in [0.5, 0.6) is 11.5 Å². The molecule has 1 amide bonds. The van der Waals surface area contributed by atoms with E-state index < -0.39 is 0 Å². The van der Waals surface area contributed by atoms with Crippen LogP contribution in [0.4, 0.5) is 0 Å². The Morgan fingerprint density at radius 1 is 1.22 bits per heavy atom. The molecule has 0 spiro atoms. The van der Waals surface area contributed by atoms with E-state index in [4.69, 9.17) is 9.47 Å². The van der Waals surface area contributed by atoms with Gasteiger partial charge in [-0.3, -0.25) is 9.79 Å². The van der Waals surface area contributed by atoms with Crippen molar-refractivity contribution in [2.24, 2.45) is 4.99 Å². The summed E-state index contributed by atoms with van der Waals surface area (Å²) in [6.45, 7) is 3.09. The number of guanidine groups is 1. The second-order valence-electron chi connectivity index (χ2n) is 6.76. The Bertz CT molecular complexity index is 615. The van der Waals surface area contributed by atoms with Crippen LogP contribution in [0.1, 0.15) is 39.0 Å². The predicted molar refractivity (Wildman–Crippen MR) is 107 cm³/mol. The van der Waals surface area contributed by atoms with E-state index in [9.17, 15) is 4.79 Å². The van der Waals surface area contributed by atoms with Gasteiger partial charge in [0.1, 0.15) is 6.10 Å². The van der Waals surface area contributed by atoms with E-state index in [1.165, 1.54) is 12.8 Å². The number of benzene rings is 1. The summed E-state index contributed by atoms with van der Waals surface area (Å²) in [4.78, 5) is 16.1. The van der Waals surface area contributed by atoms with Gasteiger partial charge >= 0.3 is 0 Å². The average molecular weight is 377 g/mol. The Hall–Kier alpha value is -2.44. The lowest BCUT2D eigenvalue weighted by Gasteiger charge is -2.19. The molecule has 1 aliphatic rings. The number of methoxy groups -OCH3 is 1. The summed E-state index contributed by atoms with van der Waals surface area (Å²) in [7, 11) is 3.33. The van der Waals surface area contributed by atoms with Crippen molar-refractivity contribution < 1.29 is 14.3 Å². The number of ether oxygens (including phenoxy) is 2. The number of amides is 1. The van der Waals surface area contributed by atoms with Crippen LogP contribution >= 0.6 is 0 Å². The van der Waals surface area contributed by atoms with Gasteiger partial charge in [0.05, 0.1) is 13.7 Å². The molecule has 0 aliphatic heterocycles. The largest absolute Gasteiger partial charge is 0.493 e. The molecule has 0 radical (unpaired) electrons. The zero-order valence-corrected chi connectivity index (χ0v) is 16.6. The van der Waals surface area contributed by atoms with Crippen molar-refractivity contribution in [3.8, 4) is 11.5 Å². The van der Waals surface area contributed by atoms with Crippen molar-refractivity contribution in [1.82, 2.24) is 16.0 Å². The van der Waals surface area contributed by atoms with Gasteiger partial charge in [0.15, 0.2) is 17.5 Å². The molecule has 0 heterocycles. The molecule has 1 saturated carbocycles. The molecule has 1 aromatic rings. The number of nitrogens with zero attached hydrogens (tertiary/aromatic N) is 1. The summed E-state index contributed by atoms with van der Waals surface area (Å²) in [5.74, 6) is 2.16. The monoisotopic (exact) mass is 376 g/mol. The van der Waals surface area contributed by atoms with Crippen molar-refractivity contribution in [2.75, 3.05) is 27.2 Å². The van der Waals surface area contributed by atoms with Crippen LogP contribution in [-0.2, 0) is 4.79 Å². The number of hydrogen-bond donors (Lipinski definition) is 3. The topological polar surface area (TPSA) is 84.0 Å². The normalized spacial score (nSPS) is 15.9. The van der Waals surface area contributed by atoms with Crippen molar-refractivity contribution in [1.29, 1.82) is 0 Å². The summed E-state index contributed by atoms with van der Waals surface area (Å²) in [6, 6.07) is 7.93. The molecule has 1 unspecified atom stereocenters. The van der Waals surface area contributed by atoms with Crippen molar-refractivity contribution >= 4 is 11.9 Å². The maximum Gasteiger partial charge on any atom is 0.221 e. The van der Waals surface area contributed by atoms with Crippen LogP contribution in [0, 0.1) is 0 Å². The third-order valence-corrected chi connectivity index (χ3v) is 4.54. The third kappa shape index (κ3) is 7.37. The first-order chi connectivity index (χ1) is 13.1. The number of rotatable bonds is 9. The van der Waals surface area contributed by atoms with E-state index >= 15 is 0 Å². The van der Waals surface area contributed by atoms with Crippen molar-refractivity contribution in [2.45, 2.75) is 51.2 Å². The lowest BCUT2D eigenvalue weighted by atomic mass is 10.2. The zero-order chi connectivity index (χ0) is 19.5. The van der Waals surface area contributed by atoms with Gasteiger partial charge in [0.25, 0.3) is 0 Å². The van der Waals surface area contributed by atoms with Crippen molar-refractivity contribution in [3.05, 3.63) is 24.3 Å². The Labute approximate surface area is 161 Å². The number of nitrogens with one attached hydrogen (secondary N) is 3. The van der Waals surface area contributed by atoms with Gasteiger partial charge in [-0.2, -0.15) is 0 Å². The average Bonchev–Trinajstić information content (AvgIpc) is 3.17. The number of aliphatic imine (C=N–C) groups is 1. The minimum Gasteiger partial charge on any atom is -0.493 e. The van der Waals surface area contributed by atoms with E-state index in [0.29, 0.717) is 43.0 Å². The highest BCUT2D eigenvalue weighted by molar-refractivity contribution is 5.81. The molecule has 1 fully saturated rings. The Kier molecular flexibility index (Phi) is 8.74. The van der Waals surface area contributed by atoms with Gasteiger partial charge in [0.2, 0.25) is 5.91 Å². The Morgan fingerprint density at radius 2 is 1.93 bits per heavy atom. The Morgan fingerprint density at radius 3 is 2.59 bits per heavy atom.